The van der Waals surface area contributed by atoms with E-state index in [2.05, 4.69) is 17.6 Å². The Bertz CT molecular complexity index is 405. The van der Waals surface area contributed by atoms with E-state index in [4.69, 9.17) is 12.2 Å². The maximum absolute atomic E-state index is 9.21. The third kappa shape index (κ3) is 3.60. The Morgan fingerprint density at radius 2 is 1.89 bits per heavy atom. The van der Waals surface area contributed by atoms with Crippen molar-refractivity contribution < 1.29 is 5.11 Å². The van der Waals surface area contributed by atoms with Crippen LogP contribution in [0.25, 0.3) is 0 Å². The van der Waals surface area contributed by atoms with Gasteiger partial charge < -0.3 is 15.7 Å². The van der Waals surface area contributed by atoms with Gasteiger partial charge in [0.15, 0.2) is 5.11 Å². The van der Waals surface area contributed by atoms with Crippen molar-refractivity contribution in [2.45, 2.75) is 38.6 Å². The number of aromatic hydroxyl groups is 1. The molecule has 1 saturated carbocycles. The molecule has 98 valence electrons. The lowest BCUT2D eigenvalue weighted by atomic mass is 9.86. The molecule has 2 rings (SSSR count). The SMILES string of the molecule is C[C@@H]1CCCC[C@H]1NC(=S)Nc1ccc(O)cc1. The standard InChI is InChI=1S/C14H20N2OS/c1-10-4-2-3-5-13(10)16-14(18)15-11-6-8-12(17)9-7-11/h6-10,13,17H,2-5H2,1H3,(H2,15,16,18)/t10-,13-/m1/s1. The highest BCUT2D eigenvalue weighted by atomic mass is 32.1. The minimum absolute atomic E-state index is 0.264. The van der Waals surface area contributed by atoms with Crippen molar-refractivity contribution in [2.24, 2.45) is 5.92 Å². The van der Waals surface area contributed by atoms with E-state index in [1.165, 1.54) is 25.7 Å². The molecular weight excluding hydrogens is 244 g/mol. The van der Waals surface area contributed by atoms with E-state index in [-0.39, 0.29) is 5.75 Å². The number of rotatable bonds is 2. The van der Waals surface area contributed by atoms with Gasteiger partial charge in [-0.2, -0.15) is 0 Å². The second kappa shape index (κ2) is 6.05. The highest BCUT2D eigenvalue weighted by Gasteiger charge is 2.21. The Morgan fingerprint density at radius 3 is 2.56 bits per heavy atom. The van der Waals surface area contributed by atoms with E-state index in [0.717, 1.165) is 5.69 Å². The molecule has 1 aliphatic rings. The summed E-state index contributed by atoms with van der Waals surface area (Å²) in [4.78, 5) is 0. The molecule has 0 unspecified atom stereocenters. The predicted molar refractivity (Wildman–Crippen MR) is 78.9 cm³/mol. The fourth-order valence-electron chi connectivity index (χ4n) is 2.41. The van der Waals surface area contributed by atoms with E-state index in [1.807, 2.05) is 12.1 Å². The molecule has 0 aliphatic heterocycles. The van der Waals surface area contributed by atoms with Gasteiger partial charge in [0.25, 0.3) is 0 Å². The molecule has 1 fully saturated rings. The number of thiocarbonyl (C=S) groups is 1. The number of phenolic OH excluding ortho intramolecular Hbond substituents is 1. The summed E-state index contributed by atoms with van der Waals surface area (Å²) < 4.78 is 0. The van der Waals surface area contributed by atoms with Crippen molar-refractivity contribution in [2.75, 3.05) is 5.32 Å². The molecule has 0 spiro atoms. The molecule has 1 aromatic rings. The molecule has 0 amide bonds. The second-order valence-electron chi connectivity index (χ2n) is 5.01. The monoisotopic (exact) mass is 264 g/mol. The summed E-state index contributed by atoms with van der Waals surface area (Å²) in [6.45, 7) is 2.28. The lowest BCUT2D eigenvalue weighted by Gasteiger charge is -2.30. The first kappa shape index (κ1) is 13.1. The maximum atomic E-state index is 9.21. The molecule has 4 heteroatoms. The normalized spacial score (nSPS) is 23.4. The molecule has 3 N–H and O–H groups in total. The summed E-state index contributed by atoms with van der Waals surface area (Å²) in [6, 6.07) is 7.40. The molecule has 0 radical (unpaired) electrons. The van der Waals surface area contributed by atoms with Gasteiger partial charge >= 0.3 is 0 Å². The van der Waals surface area contributed by atoms with Crippen molar-refractivity contribution in [3.63, 3.8) is 0 Å². The van der Waals surface area contributed by atoms with Crippen LogP contribution in [0.4, 0.5) is 5.69 Å². The zero-order chi connectivity index (χ0) is 13.0. The molecule has 0 aromatic heterocycles. The fraction of sp³-hybridized carbons (Fsp3) is 0.500. The van der Waals surface area contributed by atoms with Gasteiger partial charge in [-0.3, -0.25) is 0 Å². The quantitative estimate of drug-likeness (QED) is 0.567. The largest absolute Gasteiger partial charge is 0.508 e. The number of phenols is 1. The zero-order valence-electron chi connectivity index (χ0n) is 10.6. The summed E-state index contributed by atoms with van der Waals surface area (Å²) >= 11 is 5.32. The molecule has 1 aromatic carbocycles. The fourth-order valence-corrected chi connectivity index (χ4v) is 2.68. The van der Waals surface area contributed by atoms with Crippen LogP contribution >= 0.6 is 12.2 Å². The Labute approximate surface area is 114 Å². The molecule has 0 heterocycles. The topological polar surface area (TPSA) is 44.3 Å². The first-order valence-corrected chi connectivity index (χ1v) is 6.92. The van der Waals surface area contributed by atoms with Crippen LogP contribution in [-0.4, -0.2) is 16.3 Å². The average molecular weight is 264 g/mol. The zero-order valence-corrected chi connectivity index (χ0v) is 11.5. The first-order valence-electron chi connectivity index (χ1n) is 6.51. The maximum Gasteiger partial charge on any atom is 0.171 e. The third-order valence-electron chi connectivity index (χ3n) is 3.55. The lowest BCUT2D eigenvalue weighted by molar-refractivity contribution is 0.309. The Morgan fingerprint density at radius 1 is 1.22 bits per heavy atom. The first-order chi connectivity index (χ1) is 8.65. The number of nitrogens with one attached hydrogen (secondary N) is 2. The summed E-state index contributed by atoms with van der Waals surface area (Å²) in [6.07, 6.45) is 5.08. The van der Waals surface area contributed by atoms with Crippen molar-refractivity contribution >= 4 is 23.0 Å². The minimum Gasteiger partial charge on any atom is -0.508 e. The van der Waals surface area contributed by atoms with Crippen LogP contribution in [0, 0.1) is 5.92 Å². The Balaban J connectivity index is 1.86. The molecule has 18 heavy (non-hydrogen) atoms. The smallest absolute Gasteiger partial charge is 0.171 e. The van der Waals surface area contributed by atoms with Gasteiger partial charge in [-0.15, -0.1) is 0 Å². The second-order valence-corrected chi connectivity index (χ2v) is 5.42. The predicted octanol–water partition coefficient (Wildman–Crippen LogP) is 3.26. The highest BCUT2D eigenvalue weighted by Crippen LogP contribution is 2.23. The van der Waals surface area contributed by atoms with Gasteiger partial charge in [-0.1, -0.05) is 19.8 Å². The van der Waals surface area contributed by atoms with Crippen molar-refractivity contribution in [1.82, 2.24) is 5.32 Å². The van der Waals surface area contributed by atoms with Crippen LogP contribution in [0.15, 0.2) is 24.3 Å². The number of hydrogen-bond acceptors (Lipinski definition) is 2. The van der Waals surface area contributed by atoms with E-state index in [1.54, 1.807) is 12.1 Å². The van der Waals surface area contributed by atoms with Gasteiger partial charge in [0.2, 0.25) is 0 Å². The molecular formula is C14H20N2OS. The van der Waals surface area contributed by atoms with Crippen molar-refractivity contribution in [3.05, 3.63) is 24.3 Å². The summed E-state index contributed by atoms with van der Waals surface area (Å²) in [7, 11) is 0. The Hall–Kier alpha value is -1.29. The van der Waals surface area contributed by atoms with Crippen LogP contribution in [0.2, 0.25) is 0 Å². The van der Waals surface area contributed by atoms with Crippen LogP contribution in [0.3, 0.4) is 0 Å². The number of benzene rings is 1. The van der Waals surface area contributed by atoms with Gasteiger partial charge in [-0.25, -0.2) is 0 Å². The van der Waals surface area contributed by atoms with E-state index in [0.29, 0.717) is 17.1 Å². The van der Waals surface area contributed by atoms with Gasteiger partial charge in [0, 0.05) is 11.7 Å². The van der Waals surface area contributed by atoms with Crippen LogP contribution in [0.1, 0.15) is 32.6 Å². The van der Waals surface area contributed by atoms with E-state index >= 15 is 0 Å². The molecule has 0 bridgehead atoms. The van der Waals surface area contributed by atoms with Crippen molar-refractivity contribution in [3.8, 4) is 5.75 Å². The van der Waals surface area contributed by atoms with Crippen LogP contribution in [-0.2, 0) is 0 Å². The van der Waals surface area contributed by atoms with Gasteiger partial charge in [0.05, 0.1) is 0 Å². The van der Waals surface area contributed by atoms with E-state index in [9.17, 15) is 5.11 Å². The van der Waals surface area contributed by atoms with Crippen LogP contribution < -0.4 is 10.6 Å². The highest BCUT2D eigenvalue weighted by molar-refractivity contribution is 7.80. The molecule has 3 nitrogen and oxygen atoms in total. The number of anilines is 1. The van der Waals surface area contributed by atoms with E-state index < -0.39 is 0 Å². The summed E-state index contributed by atoms with van der Waals surface area (Å²) in [5.74, 6) is 0.943. The minimum atomic E-state index is 0.264. The van der Waals surface area contributed by atoms with Gasteiger partial charge in [0.1, 0.15) is 5.75 Å². The summed E-state index contributed by atoms with van der Waals surface area (Å²) in [5.41, 5.74) is 0.897. The summed E-state index contributed by atoms with van der Waals surface area (Å²) in [5, 5.41) is 16.4. The molecule has 1 aliphatic carbocycles. The van der Waals surface area contributed by atoms with Gasteiger partial charge in [-0.05, 0) is 55.2 Å². The average Bonchev–Trinajstić information content (AvgIpc) is 2.35. The molecule has 0 saturated heterocycles. The molecule has 2 atom stereocenters. The lowest BCUT2D eigenvalue weighted by Crippen LogP contribution is -2.43. The number of hydrogen-bond donors (Lipinski definition) is 3. The van der Waals surface area contributed by atoms with Crippen LogP contribution in [0.5, 0.6) is 5.75 Å². The third-order valence-corrected chi connectivity index (χ3v) is 3.77. The Kier molecular flexibility index (Phi) is 4.42. The van der Waals surface area contributed by atoms with Crippen molar-refractivity contribution in [1.29, 1.82) is 0 Å².